The van der Waals surface area contributed by atoms with Crippen molar-refractivity contribution < 1.29 is 9.18 Å². The molecule has 120 valence electrons. The first-order valence-corrected chi connectivity index (χ1v) is 8.04. The maximum Gasteiger partial charge on any atom is 0.238 e. The predicted molar refractivity (Wildman–Crippen MR) is 90.0 cm³/mol. The Morgan fingerprint density at radius 3 is 2.87 bits per heavy atom. The highest BCUT2D eigenvalue weighted by Crippen LogP contribution is 2.32. The minimum absolute atomic E-state index is 0.135. The van der Waals surface area contributed by atoms with Gasteiger partial charge in [0.25, 0.3) is 0 Å². The number of carbonyl (C=O) groups excluding carboxylic acids is 1. The summed E-state index contributed by atoms with van der Waals surface area (Å²) in [5.74, 6) is -0.495. The molecule has 0 bridgehead atoms. The number of benzene rings is 2. The second kappa shape index (κ2) is 7.11. The van der Waals surface area contributed by atoms with Crippen LogP contribution in [0.1, 0.15) is 24.4 Å². The van der Waals surface area contributed by atoms with E-state index in [0.29, 0.717) is 10.7 Å². The molecule has 2 aromatic rings. The Morgan fingerprint density at radius 2 is 2.09 bits per heavy atom. The molecule has 3 rings (SSSR count). The van der Waals surface area contributed by atoms with E-state index in [2.05, 4.69) is 10.2 Å². The number of amides is 1. The van der Waals surface area contributed by atoms with Gasteiger partial charge in [-0.2, -0.15) is 0 Å². The second-order valence-electron chi connectivity index (χ2n) is 5.74. The van der Waals surface area contributed by atoms with Crippen molar-refractivity contribution in [1.82, 2.24) is 4.90 Å². The average Bonchev–Trinajstić information content (AvgIpc) is 2.95. The number of likely N-dealkylation sites (tertiary alicyclic amines) is 1. The van der Waals surface area contributed by atoms with Crippen LogP contribution in [0.2, 0.25) is 5.02 Å². The molecule has 1 heterocycles. The minimum Gasteiger partial charge on any atom is -0.325 e. The summed E-state index contributed by atoms with van der Waals surface area (Å²) < 4.78 is 13.2. The van der Waals surface area contributed by atoms with Crippen molar-refractivity contribution in [3.8, 4) is 0 Å². The second-order valence-corrected chi connectivity index (χ2v) is 6.18. The lowest BCUT2D eigenvalue weighted by Crippen LogP contribution is -2.32. The van der Waals surface area contributed by atoms with Gasteiger partial charge in [-0.05, 0) is 55.3 Å². The molecule has 23 heavy (non-hydrogen) atoms. The smallest absolute Gasteiger partial charge is 0.238 e. The third-order valence-corrected chi connectivity index (χ3v) is 4.29. The highest BCUT2D eigenvalue weighted by atomic mass is 35.5. The number of halogens is 2. The molecule has 1 aliphatic rings. The Morgan fingerprint density at radius 1 is 1.26 bits per heavy atom. The highest BCUT2D eigenvalue weighted by molar-refractivity contribution is 6.30. The molecule has 3 nitrogen and oxygen atoms in total. The van der Waals surface area contributed by atoms with Gasteiger partial charge in [-0.1, -0.05) is 29.8 Å². The molecule has 0 saturated carbocycles. The van der Waals surface area contributed by atoms with Gasteiger partial charge in [0.05, 0.1) is 6.54 Å². The van der Waals surface area contributed by atoms with Crippen LogP contribution < -0.4 is 5.32 Å². The van der Waals surface area contributed by atoms with E-state index in [-0.39, 0.29) is 24.3 Å². The quantitative estimate of drug-likeness (QED) is 0.907. The molecule has 1 saturated heterocycles. The van der Waals surface area contributed by atoms with E-state index in [4.69, 9.17) is 11.6 Å². The Balaban J connectivity index is 1.65. The zero-order valence-corrected chi connectivity index (χ0v) is 13.4. The van der Waals surface area contributed by atoms with Gasteiger partial charge in [0, 0.05) is 16.8 Å². The first-order chi connectivity index (χ1) is 11.1. The van der Waals surface area contributed by atoms with Crippen molar-refractivity contribution in [2.45, 2.75) is 18.9 Å². The van der Waals surface area contributed by atoms with Crippen LogP contribution in [0.25, 0.3) is 0 Å². The molecule has 1 atom stereocenters. The van der Waals surface area contributed by atoms with Crippen molar-refractivity contribution in [2.75, 3.05) is 18.4 Å². The number of nitrogens with zero attached hydrogens (tertiary/aromatic N) is 1. The average molecular weight is 333 g/mol. The van der Waals surface area contributed by atoms with E-state index in [1.165, 1.54) is 12.1 Å². The van der Waals surface area contributed by atoms with Crippen LogP contribution in [-0.4, -0.2) is 23.9 Å². The first-order valence-electron chi connectivity index (χ1n) is 7.67. The Bertz CT molecular complexity index is 707. The SMILES string of the molecule is O=C(CN1CCCC1c1cccc(Cl)c1)Nc1cccc(F)c1. The van der Waals surface area contributed by atoms with Crippen molar-refractivity contribution in [3.63, 3.8) is 0 Å². The molecule has 0 radical (unpaired) electrons. The summed E-state index contributed by atoms with van der Waals surface area (Å²) in [6.45, 7) is 1.15. The lowest BCUT2D eigenvalue weighted by Gasteiger charge is -2.24. The van der Waals surface area contributed by atoms with Crippen LogP contribution in [0.4, 0.5) is 10.1 Å². The van der Waals surface area contributed by atoms with E-state index in [1.807, 2.05) is 24.3 Å². The predicted octanol–water partition coefficient (Wildman–Crippen LogP) is 4.25. The number of carbonyl (C=O) groups is 1. The lowest BCUT2D eigenvalue weighted by atomic mass is 10.0. The summed E-state index contributed by atoms with van der Waals surface area (Å²) in [4.78, 5) is 14.4. The normalized spacial score (nSPS) is 18.1. The Labute approximate surface area is 140 Å². The maximum atomic E-state index is 13.2. The molecule has 0 aromatic heterocycles. The van der Waals surface area contributed by atoms with Gasteiger partial charge in [-0.3, -0.25) is 9.69 Å². The van der Waals surface area contributed by atoms with E-state index in [0.717, 1.165) is 24.9 Å². The fourth-order valence-corrected chi connectivity index (χ4v) is 3.26. The zero-order valence-electron chi connectivity index (χ0n) is 12.6. The van der Waals surface area contributed by atoms with Crippen LogP contribution in [0.15, 0.2) is 48.5 Å². The number of hydrogen-bond donors (Lipinski definition) is 1. The number of nitrogens with one attached hydrogen (secondary N) is 1. The molecular weight excluding hydrogens is 315 g/mol. The zero-order chi connectivity index (χ0) is 16.2. The summed E-state index contributed by atoms with van der Waals surface area (Å²) >= 11 is 6.07. The lowest BCUT2D eigenvalue weighted by molar-refractivity contribution is -0.117. The van der Waals surface area contributed by atoms with Crippen molar-refractivity contribution in [2.24, 2.45) is 0 Å². The number of rotatable bonds is 4. The molecule has 2 aromatic carbocycles. The van der Waals surface area contributed by atoms with Crippen LogP contribution >= 0.6 is 11.6 Å². The van der Waals surface area contributed by atoms with E-state index in [9.17, 15) is 9.18 Å². The van der Waals surface area contributed by atoms with Crippen molar-refractivity contribution in [1.29, 1.82) is 0 Å². The summed E-state index contributed by atoms with van der Waals surface area (Å²) in [6.07, 6.45) is 2.05. The molecule has 0 spiro atoms. The third-order valence-electron chi connectivity index (χ3n) is 4.05. The monoisotopic (exact) mass is 332 g/mol. The van der Waals surface area contributed by atoms with E-state index < -0.39 is 0 Å². The minimum atomic E-state index is -0.360. The Kier molecular flexibility index (Phi) is 4.94. The molecule has 1 N–H and O–H groups in total. The standard InChI is InChI=1S/C18H18ClFN2O/c19-14-5-1-4-13(10-14)17-8-3-9-22(17)12-18(23)21-16-7-2-6-15(20)11-16/h1-2,4-7,10-11,17H,3,8-9,12H2,(H,21,23). The van der Waals surface area contributed by atoms with Gasteiger partial charge >= 0.3 is 0 Å². The topological polar surface area (TPSA) is 32.3 Å². The maximum absolute atomic E-state index is 13.2. The van der Waals surface area contributed by atoms with E-state index in [1.54, 1.807) is 12.1 Å². The summed E-state index contributed by atoms with van der Waals surface area (Å²) in [6, 6.07) is 13.9. The largest absolute Gasteiger partial charge is 0.325 e. The first kappa shape index (κ1) is 16.0. The van der Waals surface area contributed by atoms with Crippen LogP contribution in [0, 0.1) is 5.82 Å². The molecule has 5 heteroatoms. The van der Waals surface area contributed by atoms with Gasteiger partial charge in [0.15, 0.2) is 0 Å². The summed E-state index contributed by atoms with van der Waals surface area (Å²) in [5.41, 5.74) is 1.61. The van der Waals surface area contributed by atoms with Gasteiger partial charge in [0.2, 0.25) is 5.91 Å². The van der Waals surface area contributed by atoms with Crippen LogP contribution in [0.3, 0.4) is 0 Å². The molecule has 1 amide bonds. The Hall–Kier alpha value is -1.91. The van der Waals surface area contributed by atoms with Gasteiger partial charge < -0.3 is 5.32 Å². The fraction of sp³-hybridized carbons (Fsp3) is 0.278. The van der Waals surface area contributed by atoms with Crippen LogP contribution in [0.5, 0.6) is 0 Å². The number of hydrogen-bond acceptors (Lipinski definition) is 2. The van der Waals surface area contributed by atoms with Crippen LogP contribution in [-0.2, 0) is 4.79 Å². The molecule has 1 unspecified atom stereocenters. The molecule has 1 aliphatic heterocycles. The van der Waals surface area contributed by atoms with Gasteiger partial charge in [0.1, 0.15) is 5.82 Å². The summed E-state index contributed by atoms with van der Waals surface area (Å²) in [7, 11) is 0. The van der Waals surface area contributed by atoms with Gasteiger partial charge in [-0.15, -0.1) is 0 Å². The third kappa shape index (κ3) is 4.09. The molecule has 1 fully saturated rings. The van der Waals surface area contributed by atoms with Crippen molar-refractivity contribution in [3.05, 3.63) is 64.9 Å². The fourth-order valence-electron chi connectivity index (χ4n) is 3.06. The summed E-state index contributed by atoms with van der Waals surface area (Å²) in [5, 5.41) is 3.45. The molecular formula is C18H18ClFN2O. The highest BCUT2D eigenvalue weighted by Gasteiger charge is 2.27. The van der Waals surface area contributed by atoms with Gasteiger partial charge in [-0.25, -0.2) is 4.39 Å². The van der Waals surface area contributed by atoms with E-state index >= 15 is 0 Å². The number of anilines is 1. The van der Waals surface area contributed by atoms with Crippen molar-refractivity contribution >= 4 is 23.2 Å². The molecule has 0 aliphatic carbocycles.